The third-order valence-electron chi connectivity index (χ3n) is 4.49. The molecule has 1 fully saturated rings. The van der Waals surface area contributed by atoms with Crippen molar-refractivity contribution in [1.82, 2.24) is 15.1 Å². The maximum atomic E-state index is 9.68. The number of hydrogen-bond donors (Lipinski definition) is 2. The van der Waals surface area contributed by atoms with Gasteiger partial charge in [0.2, 0.25) is 0 Å². The fraction of sp³-hybridized carbons (Fsp3) is 0.471. The largest absolute Gasteiger partial charge is 0.393 e. The standard InChI is InChI=1S/C17H23N3O/c1-13(21)14-7-9-20(10-8-14)12-16-11-18-19-17(16)15-5-3-2-4-6-15/h2-6,11,13-14,21H,7-10,12H2,1H3,(H,18,19). The third-order valence-corrected chi connectivity index (χ3v) is 4.49. The van der Waals surface area contributed by atoms with Crippen LogP contribution in [0.2, 0.25) is 0 Å². The third kappa shape index (κ3) is 3.34. The minimum absolute atomic E-state index is 0.180. The maximum absolute atomic E-state index is 9.68. The predicted octanol–water partition coefficient (Wildman–Crippen LogP) is 2.67. The van der Waals surface area contributed by atoms with E-state index in [1.165, 1.54) is 11.1 Å². The molecule has 1 aliphatic rings. The van der Waals surface area contributed by atoms with Crippen LogP contribution >= 0.6 is 0 Å². The number of aliphatic hydroxyl groups is 1. The molecule has 1 unspecified atom stereocenters. The molecule has 3 rings (SSSR count). The Labute approximate surface area is 125 Å². The zero-order chi connectivity index (χ0) is 14.7. The number of likely N-dealkylation sites (tertiary alicyclic amines) is 1. The van der Waals surface area contributed by atoms with Gasteiger partial charge in [-0.05, 0) is 44.3 Å². The molecule has 2 aromatic rings. The Morgan fingerprint density at radius 2 is 2.00 bits per heavy atom. The van der Waals surface area contributed by atoms with Crippen LogP contribution in [0.1, 0.15) is 25.3 Å². The molecule has 1 aromatic carbocycles. The summed E-state index contributed by atoms with van der Waals surface area (Å²) in [6, 6.07) is 10.3. The fourth-order valence-electron chi connectivity index (χ4n) is 3.12. The normalized spacial score (nSPS) is 18.8. The lowest BCUT2D eigenvalue weighted by atomic mass is 9.92. The van der Waals surface area contributed by atoms with E-state index in [9.17, 15) is 5.11 Å². The molecular formula is C17H23N3O. The number of piperidine rings is 1. The van der Waals surface area contributed by atoms with Crippen molar-refractivity contribution in [3.8, 4) is 11.3 Å². The fourth-order valence-corrected chi connectivity index (χ4v) is 3.12. The second-order valence-corrected chi connectivity index (χ2v) is 5.99. The number of benzene rings is 1. The van der Waals surface area contributed by atoms with Gasteiger partial charge < -0.3 is 5.11 Å². The van der Waals surface area contributed by atoms with E-state index >= 15 is 0 Å². The van der Waals surface area contributed by atoms with Crippen molar-refractivity contribution >= 4 is 0 Å². The van der Waals surface area contributed by atoms with Crippen molar-refractivity contribution < 1.29 is 5.11 Å². The van der Waals surface area contributed by atoms with Gasteiger partial charge in [0.25, 0.3) is 0 Å². The molecule has 0 amide bonds. The van der Waals surface area contributed by atoms with Crippen LogP contribution in [-0.4, -0.2) is 39.4 Å². The van der Waals surface area contributed by atoms with E-state index in [2.05, 4.69) is 27.2 Å². The average molecular weight is 285 g/mol. The van der Waals surface area contributed by atoms with Gasteiger partial charge in [0.1, 0.15) is 0 Å². The summed E-state index contributed by atoms with van der Waals surface area (Å²) in [7, 11) is 0. The molecule has 4 nitrogen and oxygen atoms in total. The lowest BCUT2D eigenvalue weighted by Gasteiger charge is -2.33. The molecule has 0 radical (unpaired) electrons. The summed E-state index contributed by atoms with van der Waals surface area (Å²) in [4.78, 5) is 2.45. The van der Waals surface area contributed by atoms with Gasteiger partial charge in [0.15, 0.2) is 0 Å². The van der Waals surface area contributed by atoms with Crippen LogP contribution in [0.15, 0.2) is 36.5 Å². The zero-order valence-corrected chi connectivity index (χ0v) is 12.5. The van der Waals surface area contributed by atoms with Gasteiger partial charge in [-0.1, -0.05) is 30.3 Å². The van der Waals surface area contributed by atoms with E-state index < -0.39 is 0 Å². The highest BCUT2D eigenvalue weighted by molar-refractivity contribution is 5.62. The quantitative estimate of drug-likeness (QED) is 0.908. The van der Waals surface area contributed by atoms with Crippen molar-refractivity contribution in [2.24, 2.45) is 5.92 Å². The number of nitrogens with one attached hydrogen (secondary N) is 1. The van der Waals surface area contributed by atoms with Crippen molar-refractivity contribution in [2.45, 2.75) is 32.4 Å². The molecule has 1 atom stereocenters. The number of aromatic nitrogens is 2. The van der Waals surface area contributed by atoms with Crippen LogP contribution in [-0.2, 0) is 6.54 Å². The summed E-state index contributed by atoms with van der Waals surface area (Å²) in [6.07, 6.45) is 3.91. The average Bonchev–Trinajstić information content (AvgIpc) is 2.97. The van der Waals surface area contributed by atoms with E-state index in [4.69, 9.17) is 0 Å². The molecule has 1 aromatic heterocycles. The molecule has 1 aliphatic heterocycles. The molecular weight excluding hydrogens is 262 g/mol. The van der Waals surface area contributed by atoms with Crippen molar-refractivity contribution in [1.29, 1.82) is 0 Å². The van der Waals surface area contributed by atoms with Crippen molar-refractivity contribution in [3.05, 3.63) is 42.1 Å². The first-order chi connectivity index (χ1) is 10.2. The van der Waals surface area contributed by atoms with Crippen LogP contribution in [0.25, 0.3) is 11.3 Å². The summed E-state index contributed by atoms with van der Waals surface area (Å²) in [5.74, 6) is 0.458. The smallest absolute Gasteiger partial charge is 0.0695 e. The zero-order valence-electron chi connectivity index (χ0n) is 12.5. The highest BCUT2D eigenvalue weighted by Crippen LogP contribution is 2.25. The Hall–Kier alpha value is -1.65. The number of nitrogens with zero attached hydrogens (tertiary/aromatic N) is 2. The molecule has 2 N–H and O–H groups in total. The first-order valence-electron chi connectivity index (χ1n) is 7.72. The molecule has 0 aliphatic carbocycles. The van der Waals surface area contributed by atoms with Gasteiger partial charge in [-0.15, -0.1) is 0 Å². The van der Waals surface area contributed by atoms with E-state index in [-0.39, 0.29) is 6.10 Å². The van der Waals surface area contributed by atoms with Gasteiger partial charge in [-0.25, -0.2) is 0 Å². The highest BCUT2D eigenvalue weighted by Gasteiger charge is 2.23. The van der Waals surface area contributed by atoms with Crippen molar-refractivity contribution in [2.75, 3.05) is 13.1 Å². The molecule has 1 saturated heterocycles. The Balaban J connectivity index is 1.66. The minimum atomic E-state index is -0.180. The van der Waals surface area contributed by atoms with Gasteiger partial charge >= 0.3 is 0 Å². The van der Waals surface area contributed by atoms with E-state index in [0.717, 1.165) is 38.2 Å². The summed E-state index contributed by atoms with van der Waals surface area (Å²) in [5, 5.41) is 17.0. The van der Waals surface area contributed by atoms with Crippen LogP contribution in [0.3, 0.4) is 0 Å². The summed E-state index contributed by atoms with van der Waals surface area (Å²) < 4.78 is 0. The minimum Gasteiger partial charge on any atom is -0.393 e. The van der Waals surface area contributed by atoms with Crippen LogP contribution < -0.4 is 0 Å². The second kappa shape index (κ2) is 6.41. The van der Waals surface area contributed by atoms with Crippen LogP contribution in [0.5, 0.6) is 0 Å². The molecule has 0 spiro atoms. The highest BCUT2D eigenvalue weighted by atomic mass is 16.3. The molecule has 112 valence electrons. The van der Waals surface area contributed by atoms with Gasteiger partial charge in [-0.3, -0.25) is 10.00 Å². The topological polar surface area (TPSA) is 52.1 Å². The van der Waals surface area contributed by atoms with E-state index in [1.807, 2.05) is 31.3 Å². The molecule has 4 heteroatoms. The molecule has 0 bridgehead atoms. The van der Waals surface area contributed by atoms with Gasteiger partial charge in [-0.2, -0.15) is 5.10 Å². The Kier molecular flexibility index (Phi) is 4.36. The molecule has 2 heterocycles. The van der Waals surface area contributed by atoms with Gasteiger partial charge in [0.05, 0.1) is 18.0 Å². The number of hydrogen-bond acceptors (Lipinski definition) is 3. The van der Waals surface area contributed by atoms with Crippen molar-refractivity contribution in [3.63, 3.8) is 0 Å². The number of rotatable bonds is 4. The first kappa shape index (κ1) is 14.3. The first-order valence-corrected chi connectivity index (χ1v) is 7.72. The number of aromatic amines is 1. The molecule has 0 saturated carbocycles. The predicted molar refractivity (Wildman–Crippen MR) is 83.7 cm³/mol. The number of aliphatic hydroxyl groups excluding tert-OH is 1. The number of H-pyrrole nitrogens is 1. The van der Waals surface area contributed by atoms with E-state index in [1.54, 1.807) is 0 Å². The van der Waals surface area contributed by atoms with Crippen LogP contribution in [0.4, 0.5) is 0 Å². The van der Waals surface area contributed by atoms with Gasteiger partial charge in [0, 0.05) is 12.1 Å². The van der Waals surface area contributed by atoms with E-state index in [0.29, 0.717) is 5.92 Å². The van der Waals surface area contributed by atoms with Crippen LogP contribution in [0, 0.1) is 5.92 Å². The lowest BCUT2D eigenvalue weighted by Crippen LogP contribution is -2.36. The second-order valence-electron chi connectivity index (χ2n) is 5.99. The lowest BCUT2D eigenvalue weighted by molar-refractivity contribution is 0.0696. The summed E-state index contributed by atoms with van der Waals surface area (Å²) in [6.45, 7) is 4.93. The Bertz CT molecular complexity index is 556. The Morgan fingerprint density at radius 3 is 2.67 bits per heavy atom. The molecule has 21 heavy (non-hydrogen) atoms. The summed E-state index contributed by atoms with van der Waals surface area (Å²) >= 11 is 0. The SMILES string of the molecule is CC(O)C1CCN(Cc2cn[nH]c2-c2ccccc2)CC1. The Morgan fingerprint density at radius 1 is 1.29 bits per heavy atom. The monoisotopic (exact) mass is 285 g/mol. The summed E-state index contributed by atoms with van der Waals surface area (Å²) in [5.41, 5.74) is 3.55. The maximum Gasteiger partial charge on any atom is 0.0695 e.